The molecule has 124 valence electrons. The van der Waals surface area contributed by atoms with Crippen LogP contribution in [0, 0.1) is 6.92 Å². The van der Waals surface area contributed by atoms with Crippen molar-refractivity contribution in [1.29, 1.82) is 0 Å². The van der Waals surface area contributed by atoms with Gasteiger partial charge in [-0.15, -0.1) is 0 Å². The zero-order valence-electron chi connectivity index (χ0n) is 12.7. The van der Waals surface area contributed by atoms with E-state index in [1.807, 2.05) is 23.8 Å². The molecule has 0 fully saturated rings. The van der Waals surface area contributed by atoms with Gasteiger partial charge in [0.15, 0.2) is 13.2 Å². The van der Waals surface area contributed by atoms with Crippen LogP contribution in [0.15, 0.2) is 39.5 Å². The minimum absolute atomic E-state index is 0.0739. The quantitative estimate of drug-likeness (QED) is 0.618. The topological polar surface area (TPSA) is 74.5 Å². The van der Waals surface area contributed by atoms with Crippen LogP contribution in [0.3, 0.4) is 0 Å². The van der Waals surface area contributed by atoms with Crippen LogP contribution >= 0.6 is 22.9 Å². The van der Waals surface area contributed by atoms with E-state index in [9.17, 15) is 4.79 Å². The van der Waals surface area contributed by atoms with Gasteiger partial charge >= 0.3 is 5.97 Å². The van der Waals surface area contributed by atoms with Crippen molar-refractivity contribution in [2.45, 2.75) is 13.5 Å². The number of halogens is 1. The first-order valence-corrected chi connectivity index (χ1v) is 8.33. The molecule has 0 aliphatic heterocycles. The van der Waals surface area contributed by atoms with Gasteiger partial charge in [-0.2, -0.15) is 16.3 Å². The molecule has 0 spiro atoms. The van der Waals surface area contributed by atoms with Crippen molar-refractivity contribution in [2.24, 2.45) is 0 Å². The second-order valence-corrected chi connectivity index (χ2v) is 6.08. The average Bonchev–Trinajstić information content (AvgIpc) is 3.25. The van der Waals surface area contributed by atoms with E-state index >= 15 is 0 Å². The van der Waals surface area contributed by atoms with E-state index in [4.69, 9.17) is 25.6 Å². The summed E-state index contributed by atoms with van der Waals surface area (Å²) in [6.07, 6.45) is 0. The third-order valence-electron chi connectivity index (χ3n) is 3.08. The first-order chi connectivity index (χ1) is 11.6. The van der Waals surface area contributed by atoms with Crippen molar-refractivity contribution in [3.05, 3.63) is 51.4 Å². The summed E-state index contributed by atoms with van der Waals surface area (Å²) >= 11 is 7.46. The molecule has 0 unspecified atom stereocenters. The van der Waals surface area contributed by atoms with Gasteiger partial charge in [0.2, 0.25) is 5.82 Å². The summed E-state index contributed by atoms with van der Waals surface area (Å²) < 4.78 is 15.5. The molecule has 3 rings (SSSR count). The third-order valence-corrected chi connectivity index (χ3v) is 4.19. The van der Waals surface area contributed by atoms with E-state index in [-0.39, 0.29) is 13.2 Å². The van der Waals surface area contributed by atoms with Crippen molar-refractivity contribution in [3.8, 4) is 17.2 Å². The number of esters is 1. The fourth-order valence-corrected chi connectivity index (χ4v) is 2.60. The van der Waals surface area contributed by atoms with E-state index in [1.54, 1.807) is 18.2 Å². The predicted molar refractivity (Wildman–Crippen MR) is 89.1 cm³/mol. The lowest BCUT2D eigenvalue weighted by Crippen LogP contribution is -2.15. The standard InChI is InChI=1S/C16H13ClN2O4S/c1-10-6-12(2-3-13(10)17)21-8-15(20)22-7-14-18-16(23-19-14)11-4-5-24-9-11/h2-6,9H,7-8H2,1H3. The van der Waals surface area contributed by atoms with Crippen LogP contribution in [0.4, 0.5) is 0 Å². The Labute approximate surface area is 147 Å². The summed E-state index contributed by atoms with van der Waals surface area (Å²) in [6, 6.07) is 7.02. The monoisotopic (exact) mass is 364 g/mol. The number of rotatable bonds is 6. The summed E-state index contributed by atoms with van der Waals surface area (Å²) in [5, 5.41) is 8.22. The Hall–Kier alpha value is -2.38. The molecule has 2 aromatic heterocycles. The molecule has 1 aromatic carbocycles. The largest absolute Gasteiger partial charge is 0.482 e. The Morgan fingerprint density at radius 2 is 2.25 bits per heavy atom. The highest BCUT2D eigenvalue weighted by Gasteiger charge is 2.12. The van der Waals surface area contributed by atoms with Gasteiger partial charge < -0.3 is 14.0 Å². The second kappa shape index (κ2) is 7.46. The van der Waals surface area contributed by atoms with Crippen LogP contribution in [-0.4, -0.2) is 22.7 Å². The Bertz CT molecular complexity index is 832. The van der Waals surface area contributed by atoms with Crippen molar-refractivity contribution in [2.75, 3.05) is 6.61 Å². The molecule has 3 aromatic rings. The zero-order valence-corrected chi connectivity index (χ0v) is 14.3. The average molecular weight is 365 g/mol. The number of aryl methyl sites for hydroxylation is 1. The van der Waals surface area contributed by atoms with Crippen LogP contribution in [0.25, 0.3) is 11.5 Å². The number of carbonyl (C=O) groups is 1. The van der Waals surface area contributed by atoms with Crippen LogP contribution in [-0.2, 0) is 16.1 Å². The molecule has 0 atom stereocenters. The number of ether oxygens (including phenoxy) is 2. The number of hydrogen-bond donors (Lipinski definition) is 0. The van der Waals surface area contributed by atoms with Crippen LogP contribution in [0.2, 0.25) is 5.02 Å². The minimum atomic E-state index is -0.524. The van der Waals surface area contributed by atoms with Gasteiger partial charge in [0.25, 0.3) is 5.89 Å². The van der Waals surface area contributed by atoms with E-state index in [2.05, 4.69) is 10.1 Å². The van der Waals surface area contributed by atoms with Crippen LogP contribution < -0.4 is 4.74 Å². The maximum atomic E-state index is 11.7. The Balaban J connectivity index is 1.48. The van der Waals surface area contributed by atoms with E-state index < -0.39 is 5.97 Å². The SMILES string of the molecule is Cc1cc(OCC(=O)OCc2noc(-c3ccsc3)n2)ccc1Cl. The Kier molecular flexibility index (Phi) is 5.12. The molecule has 24 heavy (non-hydrogen) atoms. The van der Waals surface area contributed by atoms with Gasteiger partial charge in [-0.1, -0.05) is 16.8 Å². The van der Waals surface area contributed by atoms with Gasteiger partial charge in [0.05, 0.1) is 5.56 Å². The highest BCUT2D eigenvalue weighted by atomic mass is 35.5. The first kappa shape index (κ1) is 16.5. The second-order valence-electron chi connectivity index (χ2n) is 4.89. The highest BCUT2D eigenvalue weighted by molar-refractivity contribution is 7.08. The number of benzene rings is 1. The molecule has 2 heterocycles. The van der Waals surface area contributed by atoms with Gasteiger partial charge in [-0.05, 0) is 42.1 Å². The van der Waals surface area contributed by atoms with Crippen molar-refractivity contribution < 1.29 is 18.8 Å². The lowest BCUT2D eigenvalue weighted by molar-refractivity contribution is -0.147. The van der Waals surface area contributed by atoms with E-state index in [1.165, 1.54) is 11.3 Å². The maximum Gasteiger partial charge on any atom is 0.344 e. The lowest BCUT2D eigenvalue weighted by Gasteiger charge is -2.07. The number of aromatic nitrogens is 2. The molecule has 0 N–H and O–H groups in total. The molecule has 8 heteroatoms. The summed E-state index contributed by atoms with van der Waals surface area (Å²) in [5.41, 5.74) is 1.71. The molecular weight excluding hydrogens is 352 g/mol. The molecular formula is C16H13ClN2O4S. The number of carbonyl (C=O) groups excluding carboxylic acids is 1. The molecule has 0 radical (unpaired) electrons. The fourth-order valence-electron chi connectivity index (χ4n) is 1.85. The molecule has 0 saturated carbocycles. The predicted octanol–water partition coefficient (Wildman–Crippen LogP) is 3.88. The lowest BCUT2D eigenvalue weighted by atomic mass is 10.2. The number of nitrogens with zero attached hydrogens (tertiary/aromatic N) is 2. The van der Waals surface area contributed by atoms with Gasteiger partial charge in [0.1, 0.15) is 5.75 Å². The number of hydrogen-bond acceptors (Lipinski definition) is 7. The first-order valence-electron chi connectivity index (χ1n) is 7.01. The molecule has 6 nitrogen and oxygen atoms in total. The van der Waals surface area contributed by atoms with Crippen molar-refractivity contribution in [3.63, 3.8) is 0 Å². The molecule has 0 amide bonds. The van der Waals surface area contributed by atoms with Crippen molar-refractivity contribution in [1.82, 2.24) is 10.1 Å². The van der Waals surface area contributed by atoms with E-state index in [0.717, 1.165) is 11.1 Å². The van der Waals surface area contributed by atoms with Crippen molar-refractivity contribution >= 4 is 28.9 Å². The summed E-state index contributed by atoms with van der Waals surface area (Å²) in [7, 11) is 0. The Morgan fingerprint density at radius 1 is 1.38 bits per heavy atom. The zero-order chi connectivity index (χ0) is 16.9. The fraction of sp³-hybridized carbons (Fsp3) is 0.188. The summed E-state index contributed by atoms with van der Waals surface area (Å²) in [6.45, 7) is 1.57. The molecule has 0 saturated heterocycles. The van der Waals surface area contributed by atoms with Crippen LogP contribution in [0.1, 0.15) is 11.4 Å². The minimum Gasteiger partial charge on any atom is -0.482 e. The highest BCUT2D eigenvalue weighted by Crippen LogP contribution is 2.21. The smallest absolute Gasteiger partial charge is 0.344 e. The van der Waals surface area contributed by atoms with Gasteiger partial charge in [0, 0.05) is 10.4 Å². The maximum absolute atomic E-state index is 11.7. The van der Waals surface area contributed by atoms with Crippen LogP contribution in [0.5, 0.6) is 5.75 Å². The summed E-state index contributed by atoms with van der Waals surface area (Å²) in [4.78, 5) is 15.9. The Morgan fingerprint density at radius 3 is 3.00 bits per heavy atom. The third kappa shape index (κ3) is 4.12. The van der Waals surface area contributed by atoms with Gasteiger partial charge in [-0.25, -0.2) is 4.79 Å². The number of thiophene rings is 1. The van der Waals surface area contributed by atoms with Gasteiger partial charge in [-0.3, -0.25) is 0 Å². The molecule has 0 bridgehead atoms. The molecule has 0 aliphatic carbocycles. The van der Waals surface area contributed by atoms with E-state index in [0.29, 0.717) is 22.5 Å². The normalized spacial score (nSPS) is 10.6. The summed E-state index contributed by atoms with van der Waals surface area (Å²) in [5.74, 6) is 0.722. The molecule has 0 aliphatic rings.